The largest absolute Gasteiger partial charge is 0.355 e. The van der Waals surface area contributed by atoms with Crippen molar-refractivity contribution in [2.45, 2.75) is 24.3 Å². The summed E-state index contributed by atoms with van der Waals surface area (Å²) in [5.74, 6) is 0.398. The van der Waals surface area contributed by atoms with Gasteiger partial charge in [0.2, 0.25) is 5.91 Å². The van der Waals surface area contributed by atoms with Crippen molar-refractivity contribution in [3.8, 4) is 0 Å². The molecule has 8 nitrogen and oxygen atoms in total. The minimum absolute atomic E-state index is 0.00749. The summed E-state index contributed by atoms with van der Waals surface area (Å²) in [4.78, 5) is 19.3. The van der Waals surface area contributed by atoms with Crippen LogP contribution in [0, 0.1) is 5.92 Å². The van der Waals surface area contributed by atoms with Crippen LogP contribution in [-0.4, -0.2) is 47.5 Å². The molecular formula is C21H21N5O3S. The first-order valence-electron chi connectivity index (χ1n) is 9.91. The van der Waals surface area contributed by atoms with E-state index < -0.39 is 10.0 Å². The number of nitrogens with one attached hydrogen (secondary N) is 1. The van der Waals surface area contributed by atoms with Gasteiger partial charge in [-0.25, -0.2) is 4.98 Å². The molecule has 154 valence electrons. The third-order valence-electron chi connectivity index (χ3n) is 5.64. The molecule has 0 unspecified atom stereocenters. The molecule has 0 bridgehead atoms. The molecule has 2 aliphatic heterocycles. The molecule has 3 aromatic rings. The molecule has 5 rings (SSSR count). The number of amides is 1. The van der Waals surface area contributed by atoms with Gasteiger partial charge in [0.15, 0.2) is 5.84 Å². The number of carbonyl (C=O) groups is 1. The molecule has 30 heavy (non-hydrogen) atoms. The Labute approximate surface area is 174 Å². The van der Waals surface area contributed by atoms with E-state index in [9.17, 15) is 13.2 Å². The van der Waals surface area contributed by atoms with Gasteiger partial charge in [0.1, 0.15) is 10.5 Å². The fourth-order valence-corrected chi connectivity index (χ4v) is 5.29. The van der Waals surface area contributed by atoms with Gasteiger partial charge in [-0.3, -0.25) is 4.79 Å². The predicted molar refractivity (Wildman–Crippen MR) is 112 cm³/mol. The monoisotopic (exact) mass is 423 g/mol. The minimum atomic E-state index is -3.63. The zero-order chi connectivity index (χ0) is 20.7. The summed E-state index contributed by atoms with van der Waals surface area (Å²) >= 11 is 0. The van der Waals surface area contributed by atoms with Gasteiger partial charge in [-0.2, -0.15) is 8.42 Å². The molecule has 0 radical (unpaired) electrons. The van der Waals surface area contributed by atoms with Crippen LogP contribution in [0.4, 0.5) is 0 Å². The Kier molecular flexibility index (Phi) is 4.54. The van der Waals surface area contributed by atoms with E-state index in [1.807, 2.05) is 46.0 Å². The number of imidazole rings is 1. The zero-order valence-corrected chi connectivity index (χ0v) is 17.0. The zero-order valence-electron chi connectivity index (χ0n) is 16.2. The van der Waals surface area contributed by atoms with Crippen LogP contribution in [0.5, 0.6) is 0 Å². The minimum Gasteiger partial charge on any atom is -0.355 e. The number of amidine groups is 1. The van der Waals surface area contributed by atoms with Gasteiger partial charge in [0.25, 0.3) is 10.0 Å². The van der Waals surface area contributed by atoms with Gasteiger partial charge >= 0.3 is 0 Å². The number of pyridine rings is 1. The summed E-state index contributed by atoms with van der Waals surface area (Å²) in [5.41, 5.74) is 2.31. The summed E-state index contributed by atoms with van der Waals surface area (Å²) in [7, 11) is -3.63. The highest BCUT2D eigenvalue weighted by atomic mass is 32.2. The number of sulfonamides is 1. The maximum atomic E-state index is 12.6. The van der Waals surface area contributed by atoms with Crippen molar-refractivity contribution in [1.29, 1.82) is 0 Å². The SMILES string of the molecule is O=C(NCc1cn2ccccc2n1)C1CCN(C2=NS(=O)(=O)c3ccccc32)CC1. The highest BCUT2D eigenvalue weighted by molar-refractivity contribution is 7.90. The fraction of sp³-hybridized carbons (Fsp3) is 0.286. The van der Waals surface area contributed by atoms with Crippen molar-refractivity contribution >= 4 is 27.4 Å². The number of aromatic nitrogens is 2. The molecule has 2 aromatic heterocycles. The van der Waals surface area contributed by atoms with Crippen LogP contribution >= 0.6 is 0 Å². The lowest BCUT2D eigenvalue weighted by Gasteiger charge is -2.32. The first-order chi connectivity index (χ1) is 14.5. The van der Waals surface area contributed by atoms with Gasteiger partial charge in [0.05, 0.1) is 12.2 Å². The van der Waals surface area contributed by atoms with Crippen molar-refractivity contribution in [3.63, 3.8) is 0 Å². The highest BCUT2D eigenvalue weighted by Crippen LogP contribution is 2.29. The van der Waals surface area contributed by atoms with Crippen LogP contribution in [-0.2, 0) is 21.4 Å². The van der Waals surface area contributed by atoms with Crippen molar-refractivity contribution in [1.82, 2.24) is 19.6 Å². The van der Waals surface area contributed by atoms with E-state index in [1.54, 1.807) is 18.2 Å². The number of hydrogen-bond acceptors (Lipinski definition) is 5. The number of benzene rings is 1. The van der Waals surface area contributed by atoms with Crippen LogP contribution in [0.1, 0.15) is 24.1 Å². The lowest BCUT2D eigenvalue weighted by molar-refractivity contribution is -0.126. The molecule has 2 aliphatic rings. The van der Waals surface area contributed by atoms with E-state index in [0.717, 1.165) is 11.3 Å². The van der Waals surface area contributed by atoms with E-state index in [1.165, 1.54) is 0 Å². The second-order valence-electron chi connectivity index (χ2n) is 7.56. The Morgan fingerprint density at radius 3 is 2.67 bits per heavy atom. The predicted octanol–water partition coefficient (Wildman–Crippen LogP) is 1.81. The molecule has 1 fully saturated rings. The number of carbonyl (C=O) groups excluding carboxylic acids is 1. The maximum absolute atomic E-state index is 12.6. The van der Waals surface area contributed by atoms with Gasteiger partial charge in [-0.05, 0) is 37.1 Å². The average molecular weight is 423 g/mol. The van der Waals surface area contributed by atoms with Gasteiger partial charge in [0, 0.05) is 37.0 Å². The number of hydrogen-bond donors (Lipinski definition) is 1. The molecule has 0 aliphatic carbocycles. The lowest BCUT2D eigenvalue weighted by Crippen LogP contribution is -2.42. The van der Waals surface area contributed by atoms with Gasteiger partial charge < -0.3 is 14.6 Å². The Morgan fingerprint density at radius 2 is 1.87 bits per heavy atom. The molecule has 9 heteroatoms. The maximum Gasteiger partial charge on any atom is 0.285 e. The number of fused-ring (bicyclic) bond motifs is 2. The Hall–Kier alpha value is -3.20. The van der Waals surface area contributed by atoms with E-state index in [0.29, 0.717) is 43.9 Å². The van der Waals surface area contributed by atoms with E-state index in [4.69, 9.17) is 0 Å². The van der Waals surface area contributed by atoms with Crippen LogP contribution in [0.15, 0.2) is 64.2 Å². The molecule has 1 N–H and O–H groups in total. The van der Waals surface area contributed by atoms with E-state index >= 15 is 0 Å². The van der Waals surface area contributed by atoms with Crippen molar-refractivity contribution in [3.05, 3.63) is 66.1 Å². The van der Waals surface area contributed by atoms with E-state index in [-0.39, 0.29) is 16.7 Å². The summed E-state index contributed by atoms with van der Waals surface area (Å²) in [5, 5.41) is 2.98. The molecule has 0 saturated carbocycles. The standard InChI is InChI=1S/C21H21N5O3S/c27-21(22-13-16-14-26-10-4-3-7-19(26)23-16)15-8-11-25(12-9-15)20-17-5-1-2-6-18(17)30(28,29)24-20/h1-7,10,14-15H,8-9,11-13H2,(H,22,27). The van der Waals surface area contributed by atoms with Crippen LogP contribution in [0.3, 0.4) is 0 Å². The van der Waals surface area contributed by atoms with Crippen molar-refractivity contribution < 1.29 is 13.2 Å². The lowest BCUT2D eigenvalue weighted by atomic mass is 9.95. The first-order valence-corrected chi connectivity index (χ1v) is 11.3. The molecular weight excluding hydrogens is 402 g/mol. The molecule has 1 aromatic carbocycles. The Balaban J connectivity index is 1.20. The summed E-state index contributed by atoms with van der Waals surface area (Å²) in [6, 6.07) is 12.7. The third kappa shape index (κ3) is 3.35. The topological polar surface area (TPSA) is 96.1 Å². The first kappa shape index (κ1) is 18.8. The smallest absolute Gasteiger partial charge is 0.285 e. The van der Waals surface area contributed by atoms with Crippen LogP contribution < -0.4 is 5.32 Å². The Morgan fingerprint density at radius 1 is 1.10 bits per heavy atom. The van der Waals surface area contributed by atoms with Gasteiger partial charge in [-0.1, -0.05) is 18.2 Å². The van der Waals surface area contributed by atoms with Crippen molar-refractivity contribution in [2.75, 3.05) is 13.1 Å². The molecule has 1 saturated heterocycles. The number of nitrogens with zero attached hydrogens (tertiary/aromatic N) is 4. The quantitative estimate of drug-likeness (QED) is 0.693. The summed E-state index contributed by atoms with van der Waals surface area (Å²) < 4.78 is 30.5. The third-order valence-corrected chi connectivity index (χ3v) is 6.96. The summed E-state index contributed by atoms with van der Waals surface area (Å²) in [6.07, 6.45) is 5.14. The number of rotatable bonds is 3. The van der Waals surface area contributed by atoms with Crippen molar-refractivity contribution in [2.24, 2.45) is 10.3 Å². The van der Waals surface area contributed by atoms with Gasteiger partial charge in [-0.15, -0.1) is 4.40 Å². The second-order valence-corrected chi connectivity index (χ2v) is 9.14. The second kappa shape index (κ2) is 7.24. The average Bonchev–Trinajstić information content (AvgIpc) is 3.30. The number of likely N-dealkylation sites (tertiary alicyclic amines) is 1. The molecule has 4 heterocycles. The highest BCUT2D eigenvalue weighted by Gasteiger charge is 2.34. The van der Waals surface area contributed by atoms with E-state index in [2.05, 4.69) is 14.7 Å². The van der Waals surface area contributed by atoms with Crippen LogP contribution in [0.2, 0.25) is 0 Å². The fourth-order valence-electron chi connectivity index (χ4n) is 4.06. The normalized spacial score (nSPS) is 18.3. The molecule has 0 atom stereocenters. The summed E-state index contributed by atoms with van der Waals surface area (Å²) in [6.45, 7) is 1.57. The molecule has 0 spiro atoms. The molecule has 1 amide bonds. The number of piperidine rings is 1. The van der Waals surface area contributed by atoms with Crippen LogP contribution in [0.25, 0.3) is 5.65 Å². The Bertz CT molecular complexity index is 1220.